The van der Waals surface area contributed by atoms with E-state index < -0.39 is 0 Å². The zero-order valence-electron chi connectivity index (χ0n) is 13.3. The second kappa shape index (κ2) is 7.52. The fourth-order valence-electron chi connectivity index (χ4n) is 2.28. The molecule has 1 N–H and O–H groups in total. The van der Waals surface area contributed by atoms with E-state index in [1.807, 2.05) is 18.3 Å². The van der Waals surface area contributed by atoms with Crippen molar-refractivity contribution in [3.8, 4) is 0 Å². The minimum atomic E-state index is 0.366. The van der Waals surface area contributed by atoms with Crippen molar-refractivity contribution in [1.82, 2.24) is 15.3 Å². The molecule has 0 saturated heterocycles. The Kier molecular flexibility index (Phi) is 5.70. The number of aromatic nitrogens is 2. The van der Waals surface area contributed by atoms with Crippen LogP contribution >= 0.6 is 11.3 Å². The predicted octanol–water partition coefficient (Wildman–Crippen LogP) is 3.20. The van der Waals surface area contributed by atoms with Gasteiger partial charge in [-0.15, -0.1) is 11.3 Å². The molecule has 0 aliphatic heterocycles. The molecule has 2 rings (SSSR count). The summed E-state index contributed by atoms with van der Waals surface area (Å²) in [6.07, 6.45) is 2.78. The summed E-state index contributed by atoms with van der Waals surface area (Å²) in [6.45, 7) is 8.33. The lowest BCUT2D eigenvalue weighted by Gasteiger charge is -2.15. The second-order valence-corrected chi connectivity index (χ2v) is 6.23. The van der Waals surface area contributed by atoms with Crippen LogP contribution in [0.3, 0.4) is 0 Å². The summed E-state index contributed by atoms with van der Waals surface area (Å²) in [4.78, 5) is 12.6. The van der Waals surface area contributed by atoms with Gasteiger partial charge in [-0.25, -0.2) is 4.98 Å². The molecule has 1 atom stereocenters. The standard InChI is InChI=1S/C16H24N4S/c1-5-17-12(2)15-13(3)19-16(21-15)20(4)11-9-14-8-6-7-10-18-14/h6-8,10,12,17H,5,9,11H2,1-4H3. The lowest BCUT2D eigenvalue weighted by Crippen LogP contribution is -2.20. The highest BCUT2D eigenvalue weighted by Crippen LogP contribution is 2.30. The number of likely N-dealkylation sites (N-methyl/N-ethyl adjacent to an activating group) is 1. The molecule has 0 aliphatic carbocycles. The third kappa shape index (κ3) is 4.25. The lowest BCUT2D eigenvalue weighted by atomic mass is 10.2. The zero-order valence-corrected chi connectivity index (χ0v) is 14.1. The van der Waals surface area contributed by atoms with Crippen LogP contribution in [0, 0.1) is 6.92 Å². The summed E-state index contributed by atoms with van der Waals surface area (Å²) in [7, 11) is 2.10. The molecule has 21 heavy (non-hydrogen) atoms. The Labute approximate surface area is 131 Å². The number of nitrogens with one attached hydrogen (secondary N) is 1. The Morgan fingerprint density at radius 1 is 1.38 bits per heavy atom. The molecule has 0 aliphatic rings. The number of rotatable bonds is 7. The van der Waals surface area contributed by atoms with Crippen LogP contribution in [-0.2, 0) is 6.42 Å². The van der Waals surface area contributed by atoms with Crippen LogP contribution in [0.4, 0.5) is 5.13 Å². The van der Waals surface area contributed by atoms with Crippen molar-refractivity contribution in [2.24, 2.45) is 0 Å². The summed E-state index contributed by atoms with van der Waals surface area (Å²) in [5, 5.41) is 4.54. The largest absolute Gasteiger partial charge is 0.351 e. The van der Waals surface area contributed by atoms with Gasteiger partial charge in [0.05, 0.1) is 5.69 Å². The quantitative estimate of drug-likeness (QED) is 0.853. The number of nitrogens with zero attached hydrogens (tertiary/aromatic N) is 3. The van der Waals surface area contributed by atoms with Crippen molar-refractivity contribution >= 4 is 16.5 Å². The van der Waals surface area contributed by atoms with Gasteiger partial charge < -0.3 is 10.2 Å². The summed E-state index contributed by atoms with van der Waals surface area (Å²) in [5.74, 6) is 0. The van der Waals surface area contributed by atoms with E-state index in [-0.39, 0.29) is 0 Å². The van der Waals surface area contributed by atoms with Crippen LogP contribution in [0.1, 0.15) is 36.2 Å². The van der Waals surface area contributed by atoms with Gasteiger partial charge >= 0.3 is 0 Å². The molecule has 1 unspecified atom stereocenters. The third-order valence-electron chi connectivity index (χ3n) is 3.48. The first-order valence-electron chi connectivity index (χ1n) is 7.43. The maximum atomic E-state index is 4.71. The van der Waals surface area contributed by atoms with E-state index in [4.69, 9.17) is 4.98 Å². The number of pyridine rings is 1. The van der Waals surface area contributed by atoms with Gasteiger partial charge in [-0.05, 0) is 32.5 Å². The predicted molar refractivity (Wildman–Crippen MR) is 90.2 cm³/mol. The van der Waals surface area contributed by atoms with E-state index in [0.717, 1.165) is 36.0 Å². The van der Waals surface area contributed by atoms with Crippen LogP contribution in [-0.4, -0.2) is 30.1 Å². The average molecular weight is 304 g/mol. The normalized spacial score (nSPS) is 12.4. The fraction of sp³-hybridized carbons (Fsp3) is 0.500. The molecule has 114 valence electrons. The van der Waals surface area contributed by atoms with Gasteiger partial charge in [-0.3, -0.25) is 4.98 Å². The van der Waals surface area contributed by atoms with Gasteiger partial charge in [0.1, 0.15) is 0 Å². The highest BCUT2D eigenvalue weighted by atomic mass is 32.1. The van der Waals surface area contributed by atoms with Gasteiger partial charge in [0.25, 0.3) is 0 Å². The Balaban J connectivity index is 1.99. The fourth-order valence-corrected chi connectivity index (χ4v) is 3.36. The Morgan fingerprint density at radius 3 is 2.86 bits per heavy atom. The van der Waals surface area contributed by atoms with Crippen LogP contribution in [0.15, 0.2) is 24.4 Å². The van der Waals surface area contributed by atoms with E-state index in [1.165, 1.54) is 4.88 Å². The molecular formula is C16H24N4S. The topological polar surface area (TPSA) is 41.0 Å². The molecule has 2 heterocycles. The molecule has 2 aromatic heterocycles. The van der Waals surface area contributed by atoms with Crippen LogP contribution in [0.2, 0.25) is 0 Å². The lowest BCUT2D eigenvalue weighted by molar-refractivity contribution is 0.603. The molecule has 0 aromatic carbocycles. The summed E-state index contributed by atoms with van der Waals surface area (Å²) in [5.41, 5.74) is 2.26. The first-order valence-corrected chi connectivity index (χ1v) is 8.25. The van der Waals surface area contributed by atoms with Crippen LogP contribution < -0.4 is 10.2 Å². The van der Waals surface area contributed by atoms with Crippen molar-refractivity contribution in [1.29, 1.82) is 0 Å². The first kappa shape index (κ1) is 15.9. The summed E-state index contributed by atoms with van der Waals surface area (Å²) in [6, 6.07) is 6.42. The second-order valence-electron chi connectivity index (χ2n) is 5.22. The molecule has 0 bridgehead atoms. The molecule has 0 fully saturated rings. The van der Waals surface area contributed by atoms with E-state index in [9.17, 15) is 0 Å². The average Bonchev–Trinajstić information content (AvgIpc) is 2.88. The van der Waals surface area contributed by atoms with Gasteiger partial charge in [0, 0.05) is 42.8 Å². The Hall–Kier alpha value is -1.46. The number of aryl methyl sites for hydroxylation is 1. The van der Waals surface area contributed by atoms with Crippen molar-refractivity contribution in [3.05, 3.63) is 40.7 Å². The van der Waals surface area contributed by atoms with Crippen molar-refractivity contribution in [2.45, 2.75) is 33.2 Å². The molecule has 0 spiro atoms. The number of hydrogen-bond donors (Lipinski definition) is 1. The first-order chi connectivity index (χ1) is 10.1. The minimum Gasteiger partial charge on any atom is -0.351 e. The Bertz CT molecular complexity index is 553. The van der Waals surface area contributed by atoms with E-state index in [0.29, 0.717) is 6.04 Å². The highest BCUT2D eigenvalue weighted by Gasteiger charge is 2.15. The minimum absolute atomic E-state index is 0.366. The molecule has 0 amide bonds. The summed E-state index contributed by atoms with van der Waals surface area (Å²) < 4.78 is 0. The van der Waals surface area contributed by atoms with Crippen molar-refractivity contribution < 1.29 is 0 Å². The van der Waals surface area contributed by atoms with Gasteiger partial charge in [-0.1, -0.05) is 13.0 Å². The molecule has 4 nitrogen and oxygen atoms in total. The SMILES string of the molecule is CCNC(C)c1sc(N(C)CCc2ccccn2)nc1C. The molecular weight excluding hydrogens is 280 g/mol. The van der Waals surface area contributed by atoms with Gasteiger partial charge in [0.2, 0.25) is 0 Å². The smallest absolute Gasteiger partial charge is 0.185 e. The van der Waals surface area contributed by atoms with Crippen molar-refractivity contribution in [2.75, 3.05) is 25.0 Å². The van der Waals surface area contributed by atoms with Crippen LogP contribution in [0.5, 0.6) is 0 Å². The van der Waals surface area contributed by atoms with E-state index in [2.05, 4.69) is 49.1 Å². The Morgan fingerprint density at radius 2 is 2.19 bits per heavy atom. The maximum Gasteiger partial charge on any atom is 0.185 e. The zero-order chi connectivity index (χ0) is 15.2. The summed E-state index contributed by atoms with van der Waals surface area (Å²) >= 11 is 1.78. The van der Waals surface area contributed by atoms with Gasteiger partial charge in [-0.2, -0.15) is 0 Å². The molecule has 0 saturated carbocycles. The van der Waals surface area contributed by atoms with E-state index in [1.54, 1.807) is 11.3 Å². The monoisotopic (exact) mass is 304 g/mol. The third-order valence-corrected chi connectivity index (χ3v) is 4.94. The highest BCUT2D eigenvalue weighted by molar-refractivity contribution is 7.15. The molecule has 0 radical (unpaired) electrons. The van der Waals surface area contributed by atoms with Crippen molar-refractivity contribution in [3.63, 3.8) is 0 Å². The number of hydrogen-bond acceptors (Lipinski definition) is 5. The number of anilines is 1. The maximum absolute atomic E-state index is 4.71. The molecule has 2 aromatic rings. The van der Waals surface area contributed by atoms with Crippen LogP contribution in [0.25, 0.3) is 0 Å². The van der Waals surface area contributed by atoms with E-state index >= 15 is 0 Å². The number of thiazole rings is 1. The van der Waals surface area contributed by atoms with Gasteiger partial charge in [0.15, 0.2) is 5.13 Å². The molecule has 5 heteroatoms.